The largest absolute Gasteiger partial charge is 0.490 e. The van der Waals surface area contributed by atoms with E-state index in [9.17, 15) is 0 Å². The van der Waals surface area contributed by atoms with Gasteiger partial charge in [0.1, 0.15) is 6.61 Å². The monoisotopic (exact) mass is 423 g/mol. The van der Waals surface area contributed by atoms with Crippen LogP contribution in [0.15, 0.2) is 76.2 Å². The van der Waals surface area contributed by atoms with Gasteiger partial charge >= 0.3 is 0 Å². The summed E-state index contributed by atoms with van der Waals surface area (Å²) in [6.45, 7) is 5.10. The molecule has 0 heterocycles. The molecule has 0 saturated carbocycles. The Morgan fingerprint density at radius 1 is 0.889 bits per heavy atom. The molecular formula is C23H22BrNO2. The van der Waals surface area contributed by atoms with Gasteiger partial charge in [-0.15, -0.1) is 0 Å². The van der Waals surface area contributed by atoms with Crippen LogP contribution in [0.4, 0.5) is 5.69 Å². The highest BCUT2D eigenvalue weighted by molar-refractivity contribution is 9.10. The van der Waals surface area contributed by atoms with E-state index in [0.29, 0.717) is 13.2 Å². The van der Waals surface area contributed by atoms with E-state index in [0.717, 1.165) is 32.8 Å². The van der Waals surface area contributed by atoms with Crippen molar-refractivity contribution in [1.82, 2.24) is 0 Å². The minimum Gasteiger partial charge on any atom is -0.490 e. The smallest absolute Gasteiger partial charge is 0.161 e. The fourth-order valence-electron chi connectivity index (χ4n) is 2.51. The van der Waals surface area contributed by atoms with E-state index in [4.69, 9.17) is 9.47 Å². The fourth-order valence-corrected chi connectivity index (χ4v) is 2.78. The Morgan fingerprint density at radius 2 is 1.63 bits per heavy atom. The average molecular weight is 424 g/mol. The molecule has 0 N–H and O–H groups in total. The van der Waals surface area contributed by atoms with Gasteiger partial charge in [-0.25, -0.2) is 0 Å². The summed E-state index contributed by atoms with van der Waals surface area (Å²) in [5.41, 5.74) is 4.22. The highest BCUT2D eigenvalue weighted by Gasteiger charge is 2.06. The maximum Gasteiger partial charge on any atom is 0.161 e. The van der Waals surface area contributed by atoms with E-state index in [1.165, 1.54) is 5.56 Å². The topological polar surface area (TPSA) is 30.8 Å². The lowest BCUT2D eigenvalue weighted by Gasteiger charge is -2.12. The Labute approximate surface area is 168 Å². The highest BCUT2D eigenvalue weighted by Crippen LogP contribution is 2.29. The molecule has 3 aromatic carbocycles. The lowest BCUT2D eigenvalue weighted by Crippen LogP contribution is -2.00. The fraction of sp³-hybridized carbons (Fsp3) is 0.174. The number of aryl methyl sites for hydroxylation is 1. The average Bonchev–Trinajstić information content (AvgIpc) is 2.68. The predicted octanol–water partition coefficient (Wildman–Crippen LogP) is 6.49. The molecule has 0 atom stereocenters. The van der Waals surface area contributed by atoms with E-state index in [2.05, 4.69) is 40.0 Å². The molecule has 138 valence electrons. The Hall–Kier alpha value is -2.59. The number of aliphatic imine (C=N–C) groups is 1. The van der Waals surface area contributed by atoms with Crippen LogP contribution in [0.1, 0.15) is 23.6 Å². The zero-order valence-corrected chi connectivity index (χ0v) is 17.1. The van der Waals surface area contributed by atoms with Crippen LogP contribution >= 0.6 is 15.9 Å². The first kappa shape index (κ1) is 19.2. The summed E-state index contributed by atoms with van der Waals surface area (Å²) in [5.74, 6) is 1.45. The maximum atomic E-state index is 5.96. The lowest BCUT2D eigenvalue weighted by molar-refractivity contribution is 0.269. The van der Waals surface area contributed by atoms with Crippen molar-refractivity contribution < 1.29 is 9.47 Å². The summed E-state index contributed by atoms with van der Waals surface area (Å²) >= 11 is 3.44. The second-order valence-corrected chi connectivity index (χ2v) is 7.06. The van der Waals surface area contributed by atoms with Crippen LogP contribution in [0.3, 0.4) is 0 Å². The van der Waals surface area contributed by atoms with Crippen molar-refractivity contribution >= 4 is 27.8 Å². The molecule has 0 fully saturated rings. The van der Waals surface area contributed by atoms with Crippen LogP contribution in [-0.2, 0) is 6.61 Å². The number of ether oxygens (including phenoxy) is 2. The Bertz CT molecular complexity index is 903. The SMILES string of the molecule is CCOc1cc(C=Nc2ccc(C)cc2)ccc1OCc1ccc(Br)cc1. The molecule has 0 amide bonds. The summed E-state index contributed by atoms with van der Waals surface area (Å²) in [5, 5.41) is 0. The van der Waals surface area contributed by atoms with Crippen LogP contribution in [0.2, 0.25) is 0 Å². The van der Waals surface area contributed by atoms with Crippen LogP contribution in [0.5, 0.6) is 11.5 Å². The third kappa shape index (κ3) is 5.69. The molecule has 0 aliphatic rings. The van der Waals surface area contributed by atoms with Gasteiger partial charge in [0.25, 0.3) is 0 Å². The van der Waals surface area contributed by atoms with E-state index in [1.54, 1.807) is 0 Å². The molecule has 0 bridgehead atoms. The molecule has 0 aliphatic carbocycles. The highest BCUT2D eigenvalue weighted by atomic mass is 79.9. The molecule has 0 saturated heterocycles. The van der Waals surface area contributed by atoms with Gasteiger partial charge in [0, 0.05) is 10.7 Å². The minimum absolute atomic E-state index is 0.490. The normalized spacial score (nSPS) is 10.9. The molecule has 0 spiro atoms. The molecule has 0 aliphatic heterocycles. The predicted molar refractivity (Wildman–Crippen MR) is 115 cm³/mol. The molecule has 3 rings (SSSR count). The van der Waals surface area contributed by atoms with Crippen molar-refractivity contribution in [2.24, 2.45) is 4.99 Å². The molecule has 4 heteroatoms. The van der Waals surface area contributed by atoms with Crippen molar-refractivity contribution in [2.75, 3.05) is 6.61 Å². The standard InChI is InChI=1S/C23H22BrNO2/c1-3-26-23-14-19(15-25-21-11-4-17(2)5-12-21)8-13-22(23)27-16-18-6-9-20(24)10-7-18/h4-15H,3,16H2,1-2H3. The van der Waals surface area contributed by atoms with Crippen molar-refractivity contribution in [3.63, 3.8) is 0 Å². The Balaban J connectivity index is 1.73. The van der Waals surface area contributed by atoms with Crippen molar-refractivity contribution in [1.29, 1.82) is 0 Å². The Kier molecular flexibility index (Phi) is 6.66. The lowest BCUT2D eigenvalue weighted by atomic mass is 10.2. The first-order chi connectivity index (χ1) is 13.1. The van der Waals surface area contributed by atoms with Gasteiger partial charge in [-0.3, -0.25) is 4.99 Å². The second kappa shape index (κ2) is 9.38. The second-order valence-electron chi connectivity index (χ2n) is 6.15. The van der Waals surface area contributed by atoms with Gasteiger partial charge in [0.2, 0.25) is 0 Å². The number of halogens is 1. The molecular weight excluding hydrogens is 402 g/mol. The number of hydrogen-bond donors (Lipinski definition) is 0. The van der Waals surface area contributed by atoms with E-state index in [1.807, 2.05) is 67.7 Å². The summed E-state index contributed by atoms with van der Waals surface area (Å²) in [4.78, 5) is 4.52. The van der Waals surface area contributed by atoms with Gasteiger partial charge in [0.15, 0.2) is 11.5 Å². The molecule has 3 aromatic rings. The van der Waals surface area contributed by atoms with Gasteiger partial charge in [-0.1, -0.05) is 45.8 Å². The quantitative estimate of drug-likeness (QED) is 0.406. The molecule has 27 heavy (non-hydrogen) atoms. The minimum atomic E-state index is 0.490. The number of rotatable bonds is 7. The summed E-state index contributed by atoms with van der Waals surface area (Å²) in [7, 11) is 0. The maximum absolute atomic E-state index is 5.96. The first-order valence-corrected chi connectivity index (χ1v) is 9.68. The van der Waals surface area contributed by atoms with Gasteiger partial charge in [-0.05, 0) is 67.4 Å². The number of nitrogens with zero attached hydrogens (tertiary/aromatic N) is 1. The van der Waals surface area contributed by atoms with Crippen LogP contribution < -0.4 is 9.47 Å². The number of hydrogen-bond acceptors (Lipinski definition) is 3. The molecule has 0 aromatic heterocycles. The van der Waals surface area contributed by atoms with Crippen LogP contribution in [-0.4, -0.2) is 12.8 Å². The van der Waals surface area contributed by atoms with E-state index in [-0.39, 0.29) is 0 Å². The number of benzene rings is 3. The first-order valence-electron chi connectivity index (χ1n) is 8.89. The van der Waals surface area contributed by atoms with Crippen LogP contribution in [0.25, 0.3) is 0 Å². The molecule has 3 nitrogen and oxygen atoms in total. The van der Waals surface area contributed by atoms with Crippen molar-refractivity contribution in [2.45, 2.75) is 20.5 Å². The molecule has 0 unspecified atom stereocenters. The Morgan fingerprint density at radius 3 is 2.33 bits per heavy atom. The van der Waals surface area contributed by atoms with Gasteiger partial charge in [0.05, 0.1) is 12.3 Å². The van der Waals surface area contributed by atoms with E-state index >= 15 is 0 Å². The van der Waals surface area contributed by atoms with E-state index < -0.39 is 0 Å². The molecule has 0 radical (unpaired) electrons. The van der Waals surface area contributed by atoms with Gasteiger partial charge < -0.3 is 9.47 Å². The van der Waals surface area contributed by atoms with Gasteiger partial charge in [-0.2, -0.15) is 0 Å². The summed E-state index contributed by atoms with van der Waals surface area (Å²) < 4.78 is 12.8. The van der Waals surface area contributed by atoms with Crippen LogP contribution in [0, 0.1) is 6.92 Å². The third-order valence-corrected chi connectivity index (χ3v) is 4.50. The third-order valence-electron chi connectivity index (χ3n) is 3.97. The summed E-state index contributed by atoms with van der Waals surface area (Å²) in [6.07, 6.45) is 1.84. The zero-order chi connectivity index (χ0) is 19.1. The van der Waals surface area contributed by atoms with Crippen molar-refractivity contribution in [3.8, 4) is 11.5 Å². The van der Waals surface area contributed by atoms with Crippen molar-refractivity contribution in [3.05, 3.63) is 87.9 Å². The zero-order valence-electron chi connectivity index (χ0n) is 15.5. The summed E-state index contributed by atoms with van der Waals surface area (Å²) in [6, 6.07) is 22.1.